The second-order valence-corrected chi connectivity index (χ2v) is 11.4. The molecular weight excluding hydrogens is 441 g/mol. The third kappa shape index (κ3) is 5.59. The van der Waals surface area contributed by atoms with Gasteiger partial charge in [-0.1, -0.05) is 32.1 Å². The molecule has 8 heteroatoms. The highest BCUT2D eigenvalue weighted by Crippen LogP contribution is 2.40. The van der Waals surface area contributed by atoms with Gasteiger partial charge in [0.25, 0.3) is 0 Å². The van der Waals surface area contributed by atoms with Gasteiger partial charge < -0.3 is 24.8 Å². The zero-order chi connectivity index (χ0) is 25.4. The lowest BCUT2D eigenvalue weighted by atomic mass is 9.72. The summed E-state index contributed by atoms with van der Waals surface area (Å²) in [6, 6.07) is 7.31. The number of hydrogen-bond donors (Lipinski definition) is 2. The van der Waals surface area contributed by atoms with E-state index in [0.29, 0.717) is 18.9 Å². The van der Waals surface area contributed by atoms with Crippen molar-refractivity contribution < 1.29 is 18.9 Å². The molecule has 0 bridgehead atoms. The van der Waals surface area contributed by atoms with Crippen LogP contribution in [-0.4, -0.2) is 53.8 Å². The van der Waals surface area contributed by atoms with Crippen LogP contribution in [0.2, 0.25) is 0 Å². The molecule has 7 nitrogen and oxygen atoms in total. The van der Waals surface area contributed by atoms with Crippen LogP contribution in [-0.2, 0) is 14.1 Å². The van der Waals surface area contributed by atoms with Crippen molar-refractivity contribution in [3.63, 3.8) is 0 Å². The lowest BCUT2D eigenvalue weighted by Gasteiger charge is -2.32. The predicted molar refractivity (Wildman–Crippen MR) is 139 cm³/mol. The number of urea groups is 1. The van der Waals surface area contributed by atoms with Gasteiger partial charge in [0.1, 0.15) is 6.04 Å². The Labute approximate surface area is 210 Å². The van der Waals surface area contributed by atoms with Crippen LogP contribution in [0.15, 0.2) is 35.8 Å². The minimum atomic E-state index is -0.432. The van der Waals surface area contributed by atoms with Crippen LogP contribution in [0.3, 0.4) is 0 Å². The van der Waals surface area contributed by atoms with E-state index in [2.05, 4.69) is 58.3 Å². The highest BCUT2D eigenvalue weighted by atomic mass is 16.7. The number of carbonyl (C=O) groups excluding carboxylic acids is 2. The van der Waals surface area contributed by atoms with E-state index in [1.165, 1.54) is 5.56 Å². The number of anilines is 1. The molecule has 1 aliphatic carbocycles. The molecule has 1 aromatic rings. The first kappa shape index (κ1) is 25.8. The molecule has 2 fully saturated rings. The van der Waals surface area contributed by atoms with Crippen molar-refractivity contribution in [1.82, 2.24) is 10.2 Å². The van der Waals surface area contributed by atoms with Crippen molar-refractivity contribution in [1.29, 1.82) is 0 Å². The topological polar surface area (TPSA) is 79.9 Å². The molecule has 2 saturated heterocycles. The summed E-state index contributed by atoms with van der Waals surface area (Å²) in [5, 5.41) is 6.14. The zero-order valence-electron chi connectivity index (χ0n) is 22.0. The molecule has 2 aliphatic heterocycles. The van der Waals surface area contributed by atoms with Gasteiger partial charge in [-0.05, 0) is 88.9 Å². The maximum atomic E-state index is 13.1. The first-order valence-electron chi connectivity index (χ1n) is 13.0. The minimum Gasteiger partial charge on any atom is -0.400 e. The molecule has 190 valence electrons. The van der Waals surface area contributed by atoms with E-state index < -0.39 is 6.04 Å². The number of nitrogens with zero attached hydrogens (tertiary/aromatic N) is 1. The predicted octanol–water partition coefficient (Wildman–Crippen LogP) is 5.03. The molecule has 3 amide bonds. The number of amides is 3. The lowest BCUT2D eigenvalue weighted by Crippen LogP contribution is -2.50. The number of benzene rings is 1. The van der Waals surface area contributed by atoms with Crippen molar-refractivity contribution in [3.05, 3.63) is 41.4 Å². The molecular formula is C27H40BN3O4. The summed E-state index contributed by atoms with van der Waals surface area (Å²) in [5.41, 5.74) is 2.42. The maximum absolute atomic E-state index is 13.1. The van der Waals surface area contributed by atoms with Crippen LogP contribution < -0.4 is 10.6 Å². The quantitative estimate of drug-likeness (QED) is 0.578. The average Bonchev–Trinajstić information content (AvgIpc) is 3.37. The minimum absolute atomic E-state index is 0.0581. The Hall–Kier alpha value is -2.32. The molecule has 0 saturated carbocycles. The van der Waals surface area contributed by atoms with E-state index in [1.807, 2.05) is 24.3 Å². The Balaban J connectivity index is 1.30. The third-order valence-corrected chi connectivity index (χ3v) is 7.99. The van der Waals surface area contributed by atoms with Gasteiger partial charge in [-0.25, -0.2) is 4.79 Å². The number of allylic oxidation sites excluding steroid dienone is 1. The second-order valence-electron chi connectivity index (χ2n) is 11.4. The van der Waals surface area contributed by atoms with E-state index >= 15 is 0 Å². The van der Waals surface area contributed by atoms with Crippen molar-refractivity contribution in [3.8, 4) is 0 Å². The summed E-state index contributed by atoms with van der Waals surface area (Å²) < 4.78 is 12.4. The number of rotatable bonds is 5. The molecule has 1 aromatic carbocycles. The van der Waals surface area contributed by atoms with Crippen LogP contribution in [0.4, 0.5) is 10.5 Å². The Bertz CT molecular complexity index is 957. The van der Waals surface area contributed by atoms with Crippen LogP contribution in [0.25, 0.3) is 0 Å². The lowest BCUT2D eigenvalue weighted by molar-refractivity contribution is -0.125. The van der Waals surface area contributed by atoms with E-state index in [1.54, 1.807) is 4.90 Å². The molecule has 2 heterocycles. The standard InChI is InChI=1S/C27H40BN3O4/c1-18(2)19-9-13-22(14-10-19)30-25(33)31-17-7-8-23(31)24(32)29-21-15-11-20(12-16-21)28-34-26(3,4)27(5,6)35-28/h9-11,13-14,18,21,23H,7-8,12,15-17H2,1-6H3,(H,29,32)(H,30,33)/t21?,23-/m1/s1. The summed E-state index contributed by atoms with van der Waals surface area (Å²) in [4.78, 5) is 27.7. The molecule has 4 rings (SSSR count). The third-order valence-electron chi connectivity index (χ3n) is 7.99. The summed E-state index contributed by atoms with van der Waals surface area (Å²) >= 11 is 0. The van der Waals surface area contributed by atoms with Gasteiger partial charge in [-0.2, -0.15) is 0 Å². The van der Waals surface area contributed by atoms with Crippen molar-refractivity contribution in [2.45, 2.75) is 103 Å². The monoisotopic (exact) mass is 481 g/mol. The Morgan fingerprint density at radius 1 is 1.06 bits per heavy atom. The summed E-state index contributed by atoms with van der Waals surface area (Å²) in [5.74, 6) is 0.374. The van der Waals surface area contributed by atoms with Gasteiger partial charge in [0.15, 0.2) is 0 Å². The van der Waals surface area contributed by atoms with Gasteiger partial charge in [-0.3, -0.25) is 4.79 Å². The first-order chi connectivity index (χ1) is 16.5. The van der Waals surface area contributed by atoms with Crippen LogP contribution in [0.5, 0.6) is 0 Å². The fraction of sp³-hybridized carbons (Fsp3) is 0.630. The maximum Gasteiger partial charge on any atom is 0.490 e. The molecule has 3 aliphatic rings. The second kappa shape index (κ2) is 9.98. The summed E-state index contributed by atoms with van der Waals surface area (Å²) in [6.45, 7) is 13.1. The molecule has 35 heavy (non-hydrogen) atoms. The zero-order valence-corrected chi connectivity index (χ0v) is 22.0. The Morgan fingerprint density at radius 3 is 2.29 bits per heavy atom. The van der Waals surface area contributed by atoms with Crippen molar-refractivity contribution >= 4 is 24.7 Å². The molecule has 2 N–H and O–H groups in total. The van der Waals surface area contributed by atoms with Gasteiger partial charge >= 0.3 is 13.1 Å². The number of carbonyl (C=O) groups is 2. The highest BCUT2D eigenvalue weighted by molar-refractivity contribution is 6.54. The first-order valence-corrected chi connectivity index (χ1v) is 13.0. The van der Waals surface area contributed by atoms with Gasteiger partial charge in [0.05, 0.1) is 11.2 Å². The average molecular weight is 481 g/mol. The molecule has 0 spiro atoms. The summed E-state index contributed by atoms with van der Waals surface area (Å²) in [6.07, 6.45) is 6.07. The van der Waals surface area contributed by atoms with Gasteiger partial charge in [0.2, 0.25) is 5.91 Å². The van der Waals surface area contributed by atoms with Crippen molar-refractivity contribution in [2.24, 2.45) is 0 Å². The fourth-order valence-electron chi connectivity index (χ4n) is 4.92. The van der Waals surface area contributed by atoms with E-state index in [9.17, 15) is 9.59 Å². The molecule has 0 radical (unpaired) electrons. The summed E-state index contributed by atoms with van der Waals surface area (Å²) in [7, 11) is -0.319. The SMILES string of the molecule is CC(C)c1ccc(NC(=O)N2CCC[C@@H]2C(=O)NC2CC=C(B3OC(C)(C)C(C)(C)O3)CC2)cc1. The van der Waals surface area contributed by atoms with E-state index in [-0.39, 0.29) is 36.3 Å². The van der Waals surface area contributed by atoms with Crippen LogP contribution in [0.1, 0.15) is 85.1 Å². The van der Waals surface area contributed by atoms with Gasteiger partial charge in [0, 0.05) is 18.3 Å². The highest BCUT2D eigenvalue weighted by Gasteiger charge is 2.52. The number of hydrogen-bond acceptors (Lipinski definition) is 4. The van der Waals surface area contributed by atoms with Crippen molar-refractivity contribution in [2.75, 3.05) is 11.9 Å². The normalized spacial score (nSPS) is 25.5. The number of nitrogens with one attached hydrogen (secondary N) is 2. The molecule has 1 unspecified atom stereocenters. The fourth-order valence-corrected chi connectivity index (χ4v) is 4.92. The largest absolute Gasteiger partial charge is 0.490 e. The number of likely N-dealkylation sites (tertiary alicyclic amines) is 1. The van der Waals surface area contributed by atoms with E-state index in [4.69, 9.17) is 9.31 Å². The van der Waals surface area contributed by atoms with E-state index in [0.717, 1.165) is 36.8 Å². The Kier molecular flexibility index (Phi) is 7.34. The van der Waals surface area contributed by atoms with Crippen LogP contribution in [0, 0.1) is 0 Å². The molecule has 0 aromatic heterocycles. The smallest absolute Gasteiger partial charge is 0.400 e. The Morgan fingerprint density at radius 2 is 1.71 bits per heavy atom. The molecule has 2 atom stereocenters. The van der Waals surface area contributed by atoms with Crippen LogP contribution >= 0.6 is 0 Å². The van der Waals surface area contributed by atoms with Gasteiger partial charge in [-0.15, -0.1) is 0 Å².